The van der Waals surface area contributed by atoms with E-state index in [1.165, 1.54) is 6.07 Å². The minimum Gasteiger partial charge on any atom is -0.347 e. The molecule has 0 unspecified atom stereocenters. The van der Waals surface area contributed by atoms with E-state index in [9.17, 15) is 23.3 Å². The number of hydrogen-bond acceptors (Lipinski definition) is 5. The van der Waals surface area contributed by atoms with Gasteiger partial charge >= 0.3 is 0 Å². The smallest absolute Gasteiger partial charge is 0.288 e. The average molecular weight is 370 g/mol. The molecule has 0 aliphatic carbocycles. The van der Waals surface area contributed by atoms with Crippen LogP contribution in [0.15, 0.2) is 23.1 Å². The van der Waals surface area contributed by atoms with Crippen LogP contribution >= 0.6 is 0 Å². The maximum atomic E-state index is 12.5. The Hall–Kier alpha value is -1.96. The molecular formula is C17H26N2O5S. The molecule has 140 valence electrons. The van der Waals surface area contributed by atoms with Crippen LogP contribution in [0.4, 0.5) is 5.69 Å². The van der Waals surface area contributed by atoms with Gasteiger partial charge in [0.2, 0.25) is 0 Å². The monoisotopic (exact) mass is 370 g/mol. The van der Waals surface area contributed by atoms with Crippen LogP contribution in [-0.2, 0) is 9.84 Å². The Labute approximate surface area is 148 Å². The number of amides is 1. The van der Waals surface area contributed by atoms with Crippen LogP contribution in [0, 0.1) is 15.5 Å². The first-order valence-corrected chi connectivity index (χ1v) is 9.61. The number of benzene rings is 1. The van der Waals surface area contributed by atoms with Crippen molar-refractivity contribution in [2.24, 2.45) is 5.41 Å². The van der Waals surface area contributed by atoms with Gasteiger partial charge in [0.05, 0.1) is 10.7 Å². The van der Waals surface area contributed by atoms with Crippen molar-refractivity contribution in [2.75, 3.05) is 5.75 Å². The number of rotatable bonds is 5. The zero-order valence-corrected chi connectivity index (χ0v) is 16.4. The largest absolute Gasteiger partial charge is 0.347 e. The lowest BCUT2D eigenvalue weighted by Gasteiger charge is -2.20. The van der Waals surface area contributed by atoms with Crippen LogP contribution in [0.5, 0.6) is 0 Å². The van der Waals surface area contributed by atoms with E-state index < -0.39 is 31.9 Å². The van der Waals surface area contributed by atoms with Crippen LogP contribution < -0.4 is 5.32 Å². The van der Waals surface area contributed by atoms with Crippen molar-refractivity contribution in [3.63, 3.8) is 0 Å². The normalized spacial score (nSPS) is 12.7. The Balaban J connectivity index is 3.27. The highest BCUT2D eigenvalue weighted by Crippen LogP contribution is 2.29. The van der Waals surface area contributed by atoms with Gasteiger partial charge in [-0.25, -0.2) is 8.42 Å². The van der Waals surface area contributed by atoms with Crippen molar-refractivity contribution in [2.45, 2.75) is 58.4 Å². The minimum absolute atomic E-state index is 0.0522. The highest BCUT2D eigenvalue weighted by molar-refractivity contribution is 7.91. The van der Waals surface area contributed by atoms with E-state index in [0.717, 1.165) is 12.1 Å². The molecule has 0 atom stereocenters. The average Bonchev–Trinajstić information content (AvgIpc) is 2.42. The summed E-state index contributed by atoms with van der Waals surface area (Å²) < 4.78 is 25.0. The van der Waals surface area contributed by atoms with E-state index in [0.29, 0.717) is 6.42 Å². The van der Waals surface area contributed by atoms with Gasteiger partial charge in [0.15, 0.2) is 9.84 Å². The molecule has 1 aromatic rings. The Morgan fingerprint density at radius 3 is 2.16 bits per heavy atom. The predicted molar refractivity (Wildman–Crippen MR) is 96.4 cm³/mol. The summed E-state index contributed by atoms with van der Waals surface area (Å²) in [7, 11) is -3.82. The van der Waals surface area contributed by atoms with Crippen molar-refractivity contribution in [3.05, 3.63) is 33.9 Å². The molecule has 1 N–H and O–H groups in total. The lowest BCUT2D eigenvalue weighted by atomic mass is 9.94. The Kier molecular flexibility index (Phi) is 6.00. The SMILES string of the molecule is CC(C)(C)CCS(=O)(=O)c1ccc(C(=O)NC(C)(C)C)cc1[N+](=O)[O-]. The predicted octanol–water partition coefficient (Wildman–Crippen LogP) is 3.33. The highest BCUT2D eigenvalue weighted by atomic mass is 32.2. The molecule has 0 heterocycles. The molecule has 0 bridgehead atoms. The van der Waals surface area contributed by atoms with Crippen LogP contribution in [0.3, 0.4) is 0 Å². The van der Waals surface area contributed by atoms with Gasteiger partial charge < -0.3 is 5.32 Å². The van der Waals surface area contributed by atoms with Crippen molar-refractivity contribution < 1.29 is 18.1 Å². The van der Waals surface area contributed by atoms with E-state index in [1.807, 2.05) is 20.8 Å². The summed E-state index contributed by atoms with van der Waals surface area (Å²) in [6.07, 6.45) is 0.374. The number of nitrogens with zero attached hydrogens (tertiary/aromatic N) is 1. The van der Waals surface area contributed by atoms with Crippen LogP contribution in [0.1, 0.15) is 58.3 Å². The summed E-state index contributed by atoms with van der Waals surface area (Å²) in [5.41, 5.74) is -1.25. The number of carbonyl (C=O) groups excluding carboxylic acids is 1. The molecule has 1 aromatic carbocycles. The van der Waals surface area contributed by atoms with Gasteiger partial charge in [-0.2, -0.15) is 0 Å². The Morgan fingerprint density at radius 2 is 1.72 bits per heavy atom. The molecule has 25 heavy (non-hydrogen) atoms. The zero-order valence-electron chi connectivity index (χ0n) is 15.5. The summed E-state index contributed by atoms with van der Waals surface area (Å²) in [5, 5.41) is 14.0. The fourth-order valence-electron chi connectivity index (χ4n) is 2.03. The molecule has 0 radical (unpaired) electrons. The first-order chi connectivity index (χ1) is 11.1. The standard InChI is InChI=1S/C17H26N2O5S/c1-16(2,3)9-10-25(23,24)14-8-7-12(11-13(14)19(21)22)15(20)18-17(4,5)6/h7-8,11H,9-10H2,1-6H3,(H,18,20). The van der Waals surface area contributed by atoms with Crippen molar-refractivity contribution in [1.29, 1.82) is 0 Å². The maximum Gasteiger partial charge on any atom is 0.288 e. The lowest BCUT2D eigenvalue weighted by Crippen LogP contribution is -2.40. The van der Waals surface area contributed by atoms with Gasteiger partial charge in [-0.15, -0.1) is 0 Å². The molecule has 0 saturated heterocycles. The zero-order chi connectivity index (χ0) is 19.6. The lowest BCUT2D eigenvalue weighted by molar-refractivity contribution is -0.387. The minimum atomic E-state index is -3.82. The van der Waals surface area contributed by atoms with Crippen molar-refractivity contribution >= 4 is 21.4 Å². The third-order valence-corrected chi connectivity index (χ3v) is 5.12. The first kappa shape index (κ1) is 21.1. The first-order valence-electron chi connectivity index (χ1n) is 7.96. The van der Waals surface area contributed by atoms with E-state index in [2.05, 4.69) is 5.32 Å². The summed E-state index contributed by atoms with van der Waals surface area (Å²) in [6, 6.07) is 3.47. The molecule has 7 nitrogen and oxygen atoms in total. The fourth-order valence-corrected chi connectivity index (χ4v) is 3.86. The number of carbonyl (C=O) groups is 1. The molecule has 1 rings (SSSR count). The van der Waals surface area contributed by atoms with E-state index >= 15 is 0 Å². The van der Waals surface area contributed by atoms with Gasteiger partial charge in [-0.05, 0) is 44.7 Å². The quantitative estimate of drug-likeness (QED) is 0.632. The summed E-state index contributed by atoms with van der Waals surface area (Å²) in [5.74, 6) is -0.681. The maximum absolute atomic E-state index is 12.5. The van der Waals surface area contributed by atoms with Crippen LogP contribution in [0.2, 0.25) is 0 Å². The van der Waals surface area contributed by atoms with Gasteiger partial charge in [0, 0.05) is 17.2 Å². The van der Waals surface area contributed by atoms with Gasteiger partial charge in [-0.3, -0.25) is 14.9 Å². The number of nitro groups is 1. The second-order valence-corrected chi connectivity index (χ2v) is 10.4. The number of hydrogen-bond donors (Lipinski definition) is 1. The molecule has 1 amide bonds. The van der Waals surface area contributed by atoms with Crippen molar-refractivity contribution in [3.8, 4) is 0 Å². The van der Waals surface area contributed by atoms with Gasteiger partial charge in [0.1, 0.15) is 4.90 Å². The molecule has 8 heteroatoms. The van der Waals surface area contributed by atoms with Gasteiger partial charge in [-0.1, -0.05) is 20.8 Å². The van der Waals surface area contributed by atoms with Crippen molar-refractivity contribution in [1.82, 2.24) is 5.32 Å². The Bertz CT molecular complexity index is 771. The highest BCUT2D eigenvalue weighted by Gasteiger charge is 2.29. The third kappa shape index (κ3) is 6.45. The van der Waals surface area contributed by atoms with Crippen LogP contribution in [0.25, 0.3) is 0 Å². The fraction of sp³-hybridized carbons (Fsp3) is 0.588. The van der Waals surface area contributed by atoms with Gasteiger partial charge in [0.25, 0.3) is 11.6 Å². The third-order valence-electron chi connectivity index (χ3n) is 3.36. The topological polar surface area (TPSA) is 106 Å². The van der Waals surface area contributed by atoms with E-state index in [4.69, 9.17) is 0 Å². The molecular weight excluding hydrogens is 344 g/mol. The number of nitro benzene ring substituents is 1. The molecule has 0 saturated carbocycles. The Morgan fingerprint density at radius 1 is 1.16 bits per heavy atom. The second kappa shape index (κ2) is 7.11. The van der Waals surface area contributed by atoms with E-state index in [1.54, 1.807) is 20.8 Å². The summed E-state index contributed by atoms with van der Waals surface area (Å²) >= 11 is 0. The van der Waals surface area contributed by atoms with Crippen LogP contribution in [-0.4, -0.2) is 30.5 Å². The second-order valence-electron chi connectivity index (χ2n) is 8.27. The molecule has 0 aliphatic rings. The number of sulfone groups is 1. The number of nitrogens with one attached hydrogen (secondary N) is 1. The molecule has 0 aliphatic heterocycles. The van der Waals surface area contributed by atoms with E-state index in [-0.39, 0.29) is 21.6 Å². The summed E-state index contributed by atoms with van der Waals surface area (Å²) in [4.78, 5) is 22.4. The molecule has 0 spiro atoms. The summed E-state index contributed by atoms with van der Waals surface area (Å²) in [6.45, 7) is 11.0. The molecule has 0 aromatic heterocycles. The molecule has 0 fully saturated rings.